The minimum absolute atomic E-state index is 0.149. The molecule has 0 heterocycles. The smallest absolute Gasteiger partial charge is 0.0677 e. The van der Waals surface area contributed by atoms with Crippen LogP contribution >= 0.6 is 15.9 Å². The lowest BCUT2D eigenvalue weighted by atomic mass is 9.95. The molecule has 1 aliphatic rings. The van der Waals surface area contributed by atoms with Crippen molar-refractivity contribution in [1.29, 1.82) is 5.26 Å². The minimum atomic E-state index is 0.149. The third kappa shape index (κ3) is 3.73. The van der Waals surface area contributed by atoms with Gasteiger partial charge in [0.05, 0.1) is 12.0 Å². The van der Waals surface area contributed by atoms with Crippen LogP contribution in [0.2, 0.25) is 0 Å². The third-order valence-corrected chi connectivity index (χ3v) is 4.46. The van der Waals surface area contributed by atoms with Crippen LogP contribution < -0.4 is 5.32 Å². The van der Waals surface area contributed by atoms with E-state index in [1.807, 2.05) is 0 Å². The van der Waals surface area contributed by atoms with Crippen LogP contribution in [-0.2, 0) is 6.42 Å². The lowest BCUT2D eigenvalue weighted by molar-refractivity contribution is 0.514. The zero-order valence-electron chi connectivity index (χ0n) is 11.5. The van der Waals surface area contributed by atoms with Gasteiger partial charge in [-0.25, -0.2) is 0 Å². The largest absolute Gasteiger partial charge is 0.381 e. The van der Waals surface area contributed by atoms with E-state index in [2.05, 4.69) is 52.4 Å². The first kappa shape index (κ1) is 14.4. The molecule has 2 nitrogen and oxygen atoms in total. The Balaban J connectivity index is 2.16. The molecular formula is C16H21BrN2. The van der Waals surface area contributed by atoms with Crippen LogP contribution in [0.4, 0.5) is 5.69 Å². The van der Waals surface area contributed by atoms with Crippen molar-refractivity contribution in [2.75, 3.05) is 5.32 Å². The maximum atomic E-state index is 9.34. The van der Waals surface area contributed by atoms with Crippen molar-refractivity contribution in [2.24, 2.45) is 5.92 Å². The molecule has 2 unspecified atom stereocenters. The first-order valence-electron chi connectivity index (χ1n) is 7.19. The Morgan fingerprint density at radius 3 is 2.84 bits per heavy atom. The molecule has 1 N–H and O–H groups in total. The summed E-state index contributed by atoms with van der Waals surface area (Å²) in [7, 11) is 0. The number of halogens is 1. The van der Waals surface area contributed by atoms with Crippen LogP contribution in [0.1, 0.15) is 44.6 Å². The third-order valence-electron chi connectivity index (χ3n) is 3.97. The van der Waals surface area contributed by atoms with Gasteiger partial charge in [-0.15, -0.1) is 0 Å². The molecule has 19 heavy (non-hydrogen) atoms. The standard InChI is InChI=1S/C16H21BrN2/c1-2-12-10-14(17)8-9-16(12)19-15-7-5-3-4-6-13(15)11-18/h8-10,13,15,19H,2-7H2,1H3. The quantitative estimate of drug-likeness (QED) is 0.804. The second-order valence-electron chi connectivity index (χ2n) is 5.28. The summed E-state index contributed by atoms with van der Waals surface area (Å²) < 4.78 is 1.12. The molecule has 0 spiro atoms. The van der Waals surface area contributed by atoms with Gasteiger partial charge < -0.3 is 5.32 Å². The van der Waals surface area contributed by atoms with Gasteiger partial charge in [-0.2, -0.15) is 5.26 Å². The van der Waals surface area contributed by atoms with Gasteiger partial charge in [0.1, 0.15) is 0 Å². The monoisotopic (exact) mass is 320 g/mol. The highest BCUT2D eigenvalue weighted by Gasteiger charge is 2.23. The summed E-state index contributed by atoms with van der Waals surface area (Å²) in [6, 6.07) is 9.16. The van der Waals surface area contributed by atoms with Crippen molar-refractivity contribution < 1.29 is 0 Å². The van der Waals surface area contributed by atoms with Crippen LogP contribution in [0.25, 0.3) is 0 Å². The normalized spacial score (nSPS) is 23.4. The van der Waals surface area contributed by atoms with E-state index < -0.39 is 0 Å². The molecule has 1 aliphatic carbocycles. The Labute approximate surface area is 124 Å². The molecule has 0 amide bonds. The number of hydrogen-bond acceptors (Lipinski definition) is 2. The molecule has 1 fully saturated rings. The van der Waals surface area contributed by atoms with E-state index >= 15 is 0 Å². The summed E-state index contributed by atoms with van der Waals surface area (Å²) in [5.74, 6) is 0.149. The van der Waals surface area contributed by atoms with Crippen molar-refractivity contribution in [3.05, 3.63) is 28.2 Å². The summed E-state index contributed by atoms with van der Waals surface area (Å²) in [5.41, 5.74) is 2.51. The van der Waals surface area contributed by atoms with E-state index in [0.29, 0.717) is 6.04 Å². The van der Waals surface area contributed by atoms with Crippen molar-refractivity contribution in [1.82, 2.24) is 0 Å². The Morgan fingerprint density at radius 2 is 2.11 bits per heavy atom. The van der Waals surface area contributed by atoms with E-state index in [9.17, 15) is 5.26 Å². The fraction of sp³-hybridized carbons (Fsp3) is 0.562. The van der Waals surface area contributed by atoms with Crippen molar-refractivity contribution in [2.45, 2.75) is 51.5 Å². The van der Waals surface area contributed by atoms with Crippen LogP contribution in [-0.4, -0.2) is 6.04 Å². The van der Waals surface area contributed by atoms with Crippen LogP contribution in [0, 0.1) is 17.2 Å². The van der Waals surface area contributed by atoms with Gasteiger partial charge in [0.15, 0.2) is 0 Å². The van der Waals surface area contributed by atoms with E-state index in [1.54, 1.807) is 0 Å². The number of aryl methyl sites for hydroxylation is 1. The summed E-state index contributed by atoms with van der Waals surface area (Å²) in [6.45, 7) is 2.17. The van der Waals surface area contributed by atoms with Gasteiger partial charge in [-0.3, -0.25) is 0 Å². The molecule has 2 rings (SSSR count). The molecule has 1 aromatic rings. The molecule has 0 aliphatic heterocycles. The van der Waals surface area contributed by atoms with E-state index in [4.69, 9.17) is 0 Å². The topological polar surface area (TPSA) is 35.8 Å². The number of nitrogens with one attached hydrogen (secondary N) is 1. The summed E-state index contributed by atoms with van der Waals surface area (Å²) in [5, 5.41) is 13.0. The highest BCUT2D eigenvalue weighted by atomic mass is 79.9. The SMILES string of the molecule is CCc1cc(Br)ccc1NC1CCCCCC1C#N. The maximum Gasteiger partial charge on any atom is 0.0677 e. The fourth-order valence-electron chi connectivity index (χ4n) is 2.83. The molecule has 0 aromatic heterocycles. The summed E-state index contributed by atoms with van der Waals surface area (Å²) in [4.78, 5) is 0. The molecule has 0 radical (unpaired) electrons. The van der Waals surface area contributed by atoms with Gasteiger partial charge in [0.25, 0.3) is 0 Å². The van der Waals surface area contributed by atoms with E-state index in [-0.39, 0.29) is 5.92 Å². The number of benzene rings is 1. The second kappa shape index (κ2) is 6.96. The maximum absolute atomic E-state index is 9.34. The van der Waals surface area contributed by atoms with Crippen LogP contribution in [0.3, 0.4) is 0 Å². The molecule has 0 saturated heterocycles. The van der Waals surface area contributed by atoms with Gasteiger partial charge in [-0.1, -0.05) is 42.1 Å². The molecule has 1 saturated carbocycles. The Hall–Kier alpha value is -1.01. The number of hydrogen-bond donors (Lipinski definition) is 1. The van der Waals surface area contributed by atoms with E-state index in [0.717, 1.165) is 23.7 Å². The average molecular weight is 321 g/mol. The lowest BCUT2D eigenvalue weighted by Gasteiger charge is -2.23. The average Bonchev–Trinajstić information content (AvgIpc) is 2.65. The number of nitrogens with zero attached hydrogens (tertiary/aromatic N) is 1. The fourth-order valence-corrected chi connectivity index (χ4v) is 3.24. The Morgan fingerprint density at radius 1 is 1.32 bits per heavy atom. The predicted octanol–water partition coefficient (Wildman–Crippen LogP) is 4.90. The van der Waals surface area contributed by atoms with Gasteiger partial charge in [-0.05, 0) is 43.0 Å². The first-order chi connectivity index (χ1) is 9.24. The zero-order valence-corrected chi connectivity index (χ0v) is 13.0. The Kier molecular flexibility index (Phi) is 5.27. The molecule has 2 atom stereocenters. The number of nitriles is 1. The van der Waals surface area contributed by atoms with Crippen LogP contribution in [0.5, 0.6) is 0 Å². The van der Waals surface area contributed by atoms with Gasteiger partial charge in [0.2, 0.25) is 0 Å². The lowest BCUT2D eigenvalue weighted by Crippen LogP contribution is -2.27. The number of anilines is 1. The zero-order chi connectivity index (χ0) is 13.7. The van der Waals surface area contributed by atoms with Crippen molar-refractivity contribution in [3.63, 3.8) is 0 Å². The molecular weight excluding hydrogens is 300 g/mol. The predicted molar refractivity (Wildman–Crippen MR) is 83.1 cm³/mol. The minimum Gasteiger partial charge on any atom is -0.381 e. The highest BCUT2D eigenvalue weighted by Crippen LogP contribution is 2.28. The second-order valence-corrected chi connectivity index (χ2v) is 6.20. The summed E-state index contributed by atoms with van der Waals surface area (Å²) >= 11 is 3.52. The highest BCUT2D eigenvalue weighted by molar-refractivity contribution is 9.10. The Bertz CT molecular complexity index is 464. The number of rotatable bonds is 3. The first-order valence-corrected chi connectivity index (χ1v) is 7.98. The molecule has 0 bridgehead atoms. The molecule has 102 valence electrons. The molecule has 1 aromatic carbocycles. The van der Waals surface area contributed by atoms with Crippen LogP contribution in [0.15, 0.2) is 22.7 Å². The van der Waals surface area contributed by atoms with Crippen molar-refractivity contribution >= 4 is 21.6 Å². The van der Waals surface area contributed by atoms with Crippen molar-refractivity contribution in [3.8, 4) is 6.07 Å². The van der Waals surface area contributed by atoms with E-state index in [1.165, 1.54) is 30.5 Å². The summed E-state index contributed by atoms with van der Waals surface area (Å²) in [6.07, 6.45) is 6.83. The molecule has 3 heteroatoms. The van der Waals surface area contributed by atoms with Gasteiger partial charge in [0, 0.05) is 16.2 Å². The van der Waals surface area contributed by atoms with Gasteiger partial charge >= 0.3 is 0 Å².